The molecule has 0 heterocycles. The summed E-state index contributed by atoms with van der Waals surface area (Å²) in [6.45, 7) is -0.532. The zero-order valence-corrected chi connectivity index (χ0v) is 19.5. The molecule has 0 fully saturated rings. The molecule has 34 heavy (non-hydrogen) atoms. The molecule has 0 rings (SSSR count). The maximum atomic E-state index is 12.9. The summed E-state index contributed by atoms with van der Waals surface area (Å²) in [5.74, 6) is -5.19. The number of hydrogen-bond donors (Lipinski definition) is 9. The Bertz CT molecular complexity index is 748. The number of aliphatic hydroxyl groups excluding tert-OH is 1. The second kappa shape index (κ2) is 16.5. The molecule has 12 N–H and O–H groups in total. The smallest absolute Gasteiger partial charge is 0.326 e. The zero-order chi connectivity index (χ0) is 26.3. The van der Waals surface area contributed by atoms with Crippen molar-refractivity contribution in [3.8, 4) is 0 Å². The fourth-order valence-electron chi connectivity index (χ4n) is 2.56. The van der Waals surface area contributed by atoms with Gasteiger partial charge in [-0.15, -0.1) is 0 Å². The Balaban J connectivity index is 5.56. The van der Waals surface area contributed by atoms with Gasteiger partial charge in [-0.3, -0.25) is 24.2 Å². The van der Waals surface area contributed by atoms with Gasteiger partial charge in [0.05, 0.1) is 13.0 Å². The third-order valence-corrected chi connectivity index (χ3v) is 4.99. The molecule has 194 valence electrons. The molecule has 0 saturated carbocycles. The van der Waals surface area contributed by atoms with Crippen LogP contribution in [-0.4, -0.2) is 100 Å². The maximum absolute atomic E-state index is 12.9. The number of carbonyl (C=O) groups excluding carboxylic acids is 3. The van der Waals surface area contributed by atoms with Crippen LogP contribution in [0.4, 0.5) is 0 Å². The molecular formula is C18H33N7O8S. The summed E-state index contributed by atoms with van der Waals surface area (Å²) in [4.78, 5) is 63.6. The van der Waals surface area contributed by atoms with Gasteiger partial charge in [0.1, 0.15) is 24.2 Å². The fraction of sp³-hybridized carbons (Fsp3) is 0.667. The van der Waals surface area contributed by atoms with Crippen LogP contribution in [0.15, 0.2) is 4.99 Å². The minimum absolute atomic E-state index is 0.0207. The Morgan fingerprint density at radius 1 is 0.912 bits per heavy atom. The van der Waals surface area contributed by atoms with Crippen LogP contribution in [0.25, 0.3) is 0 Å². The molecule has 15 nitrogen and oxygen atoms in total. The number of aliphatic imine (C=N–C) groups is 1. The number of hydrogen-bond acceptors (Lipinski definition) is 9. The first-order valence-corrected chi connectivity index (χ1v) is 11.6. The van der Waals surface area contributed by atoms with Crippen LogP contribution in [0.3, 0.4) is 0 Å². The van der Waals surface area contributed by atoms with Crippen molar-refractivity contribution in [2.45, 2.75) is 49.9 Å². The second-order valence-corrected chi connectivity index (χ2v) is 8.12. The quantitative estimate of drug-likeness (QED) is 0.0519. The van der Waals surface area contributed by atoms with Gasteiger partial charge in [-0.05, 0) is 31.3 Å². The number of nitrogens with two attached hydrogens (primary N) is 3. The summed E-state index contributed by atoms with van der Waals surface area (Å²) in [5.41, 5.74) is 16.0. The van der Waals surface area contributed by atoms with Crippen LogP contribution in [0.2, 0.25) is 0 Å². The number of rotatable bonds is 17. The molecule has 0 aliphatic carbocycles. The number of aliphatic hydroxyl groups is 1. The van der Waals surface area contributed by atoms with E-state index < -0.39 is 66.9 Å². The highest BCUT2D eigenvalue weighted by molar-refractivity contribution is 7.98. The summed E-state index contributed by atoms with van der Waals surface area (Å²) in [6, 6.07) is -5.36. The van der Waals surface area contributed by atoms with Gasteiger partial charge in [-0.2, -0.15) is 11.8 Å². The highest BCUT2D eigenvalue weighted by atomic mass is 32.2. The van der Waals surface area contributed by atoms with E-state index >= 15 is 0 Å². The van der Waals surface area contributed by atoms with E-state index in [-0.39, 0.29) is 31.8 Å². The van der Waals surface area contributed by atoms with Crippen molar-refractivity contribution in [3.05, 3.63) is 0 Å². The van der Waals surface area contributed by atoms with Crippen molar-refractivity contribution in [3.63, 3.8) is 0 Å². The van der Waals surface area contributed by atoms with E-state index in [2.05, 4.69) is 20.9 Å². The average molecular weight is 508 g/mol. The third-order valence-electron chi connectivity index (χ3n) is 4.35. The van der Waals surface area contributed by atoms with Crippen molar-refractivity contribution < 1.29 is 39.3 Å². The van der Waals surface area contributed by atoms with Crippen molar-refractivity contribution in [2.24, 2.45) is 22.2 Å². The number of amides is 3. The van der Waals surface area contributed by atoms with E-state index in [4.69, 9.17) is 27.4 Å². The topological polar surface area (TPSA) is 273 Å². The van der Waals surface area contributed by atoms with Crippen LogP contribution in [0, 0.1) is 0 Å². The van der Waals surface area contributed by atoms with Crippen molar-refractivity contribution in [1.82, 2.24) is 16.0 Å². The molecule has 0 aliphatic heterocycles. The predicted molar refractivity (Wildman–Crippen MR) is 124 cm³/mol. The zero-order valence-electron chi connectivity index (χ0n) is 18.7. The van der Waals surface area contributed by atoms with Gasteiger partial charge >= 0.3 is 11.9 Å². The molecule has 0 aromatic heterocycles. The molecule has 0 aromatic rings. The lowest BCUT2D eigenvalue weighted by molar-refractivity contribution is -0.147. The number of aliphatic carboxylic acids is 2. The number of nitrogens with one attached hydrogen (secondary N) is 3. The Morgan fingerprint density at radius 2 is 1.44 bits per heavy atom. The van der Waals surface area contributed by atoms with Crippen LogP contribution < -0.4 is 33.2 Å². The Kier molecular flexibility index (Phi) is 15.0. The molecular weight excluding hydrogens is 474 g/mol. The van der Waals surface area contributed by atoms with Crippen LogP contribution in [0.5, 0.6) is 0 Å². The average Bonchev–Trinajstić information content (AvgIpc) is 2.76. The first-order chi connectivity index (χ1) is 15.9. The van der Waals surface area contributed by atoms with Gasteiger partial charge < -0.3 is 48.5 Å². The van der Waals surface area contributed by atoms with E-state index in [0.717, 1.165) is 0 Å². The Morgan fingerprint density at radius 3 is 1.91 bits per heavy atom. The molecule has 4 atom stereocenters. The number of thioether (sulfide) groups is 1. The van der Waals surface area contributed by atoms with Crippen molar-refractivity contribution in [1.29, 1.82) is 0 Å². The number of nitrogens with zero attached hydrogens (tertiary/aromatic N) is 1. The lowest BCUT2D eigenvalue weighted by atomic mass is 10.1. The Hall–Kier alpha value is -3.11. The summed E-state index contributed by atoms with van der Waals surface area (Å²) < 4.78 is 0. The van der Waals surface area contributed by atoms with Gasteiger partial charge in [-0.25, -0.2) is 4.79 Å². The molecule has 0 aliphatic rings. The van der Waals surface area contributed by atoms with Gasteiger partial charge in [-0.1, -0.05) is 0 Å². The van der Waals surface area contributed by atoms with Crippen molar-refractivity contribution in [2.75, 3.05) is 25.2 Å². The molecule has 16 heteroatoms. The normalized spacial score (nSPS) is 14.1. The van der Waals surface area contributed by atoms with Crippen LogP contribution >= 0.6 is 11.8 Å². The number of guanidine groups is 1. The molecule has 0 saturated heterocycles. The van der Waals surface area contributed by atoms with Gasteiger partial charge in [0.25, 0.3) is 0 Å². The summed E-state index contributed by atoms with van der Waals surface area (Å²) in [5, 5.41) is 34.0. The maximum Gasteiger partial charge on any atom is 0.326 e. The standard InChI is InChI=1S/C18H33N7O8S/c1-34-6-4-11(23-14(29)9(19)8-26)16(31)24-10(3-2-5-22-18(20)21)15(30)25-12(17(32)33)7-13(27)28/h9-12,26H,2-8,19H2,1H3,(H,23,29)(H,24,31)(H,25,30)(H,27,28)(H,32,33)(H4,20,21,22). The largest absolute Gasteiger partial charge is 0.481 e. The van der Waals surface area contributed by atoms with E-state index in [1.807, 2.05) is 0 Å². The van der Waals surface area contributed by atoms with E-state index in [9.17, 15) is 29.1 Å². The molecule has 0 radical (unpaired) electrons. The predicted octanol–water partition coefficient (Wildman–Crippen LogP) is -3.87. The first-order valence-electron chi connectivity index (χ1n) is 10.2. The van der Waals surface area contributed by atoms with Crippen LogP contribution in [0.1, 0.15) is 25.7 Å². The second-order valence-electron chi connectivity index (χ2n) is 7.14. The number of carboxylic acids is 2. The summed E-state index contributed by atoms with van der Waals surface area (Å²) >= 11 is 1.40. The first kappa shape index (κ1) is 30.9. The summed E-state index contributed by atoms with van der Waals surface area (Å²) in [7, 11) is 0. The highest BCUT2D eigenvalue weighted by Crippen LogP contribution is 2.06. The third kappa shape index (κ3) is 12.8. The van der Waals surface area contributed by atoms with Crippen LogP contribution in [-0.2, 0) is 24.0 Å². The minimum Gasteiger partial charge on any atom is -0.481 e. The Labute approximate surface area is 200 Å². The molecule has 3 amide bonds. The van der Waals surface area contributed by atoms with E-state index in [1.165, 1.54) is 11.8 Å². The van der Waals surface area contributed by atoms with E-state index in [0.29, 0.717) is 5.75 Å². The fourth-order valence-corrected chi connectivity index (χ4v) is 3.03. The number of carbonyl (C=O) groups is 5. The van der Waals surface area contributed by atoms with Gasteiger partial charge in [0.15, 0.2) is 5.96 Å². The van der Waals surface area contributed by atoms with Crippen molar-refractivity contribution >= 4 is 47.4 Å². The van der Waals surface area contributed by atoms with E-state index in [1.54, 1.807) is 6.26 Å². The SMILES string of the molecule is CSCCC(NC(=O)C(N)CO)C(=O)NC(CCCN=C(N)N)C(=O)NC(CC(=O)O)C(=O)O. The summed E-state index contributed by atoms with van der Waals surface area (Å²) in [6.07, 6.45) is 1.28. The lowest BCUT2D eigenvalue weighted by Gasteiger charge is -2.24. The molecule has 4 unspecified atom stereocenters. The lowest BCUT2D eigenvalue weighted by Crippen LogP contribution is -2.57. The van der Waals surface area contributed by atoms with Gasteiger partial charge in [0, 0.05) is 6.54 Å². The molecule has 0 aromatic carbocycles. The van der Waals surface area contributed by atoms with Gasteiger partial charge in [0.2, 0.25) is 17.7 Å². The monoisotopic (exact) mass is 507 g/mol. The molecule has 0 spiro atoms. The minimum atomic E-state index is -1.73. The highest BCUT2D eigenvalue weighted by Gasteiger charge is 2.30. The number of carboxylic acid groups (broad SMARTS) is 2. The molecule has 0 bridgehead atoms.